The van der Waals surface area contributed by atoms with Gasteiger partial charge in [-0.1, -0.05) is 12.1 Å². The lowest BCUT2D eigenvalue weighted by atomic mass is 10.2. The van der Waals surface area contributed by atoms with E-state index in [1.807, 2.05) is 25.1 Å². The molecule has 0 aliphatic heterocycles. The minimum Gasteiger partial charge on any atom is -0.465 e. The van der Waals surface area contributed by atoms with Crippen LogP contribution in [0.3, 0.4) is 0 Å². The maximum Gasteiger partial charge on any atom is 0.261 e. The number of fused-ring (bicyclic) bond motifs is 1. The topological polar surface area (TPSA) is 77.1 Å². The number of rotatable bonds is 5. The first kappa shape index (κ1) is 15.0. The van der Waals surface area contributed by atoms with Gasteiger partial charge in [-0.05, 0) is 31.2 Å². The fourth-order valence-corrected chi connectivity index (χ4v) is 2.34. The largest absolute Gasteiger partial charge is 0.465 e. The van der Waals surface area contributed by atoms with Crippen molar-refractivity contribution in [3.05, 3.63) is 64.6 Å². The van der Waals surface area contributed by atoms with Gasteiger partial charge < -0.3 is 9.73 Å². The molecule has 118 valence electrons. The number of furan rings is 1. The van der Waals surface area contributed by atoms with E-state index in [0.29, 0.717) is 29.8 Å². The van der Waals surface area contributed by atoms with Gasteiger partial charge in [-0.15, -0.1) is 0 Å². The van der Waals surface area contributed by atoms with E-state index in [-0.39, 0.29) is 17.9 Å². The van der Waals surface area contributed by atoms with Crippen molar-refractivity contribution in [3.63, 3.8) is 0 Å². The van der Waals surface area contributed by atoms with Gasteiger partial charge in [0.2, 0.25) is 5.91 Å². The molecule has 23 heavy (non-hydrogen) atoms. The number of benzene rings is 1. The van der Waals surface area contributed by atoms with Gasteiger partial charge in [0.15, 0.2) is 0 Å². The fraction of sp³-hybridized carbons (Fsp3) is 0.235. The molecule has 0 saturated heterocycles. The monoisotopic (exact) mass is 311 g/mol. The Bertz CT molecular complexity index is 895. The lowest BCUT2D eigenvalue weighted by Gasteiger charge is -2.07. The molecule has 2 aromatic heterocycles. The zero-order valence-electron chi connectivity index (χ0n) is 12.8. The molecular formula is C17H17N3O3. The summed E-state index contributed by atoms with van der Waals surface area (Å²) >= 11 is 0. The van der Waals surface area contributed by atoms with Crippen molar-refractivity contribution in [2.75, 3.05) is 0 Å². The van der Waals surface area contributed by atoms with Crippen molar-refractivity contribution < 1.29 is 9.21 Å². The van der Waals surface area contributed by atoms with Crippen molar-refractivity contribution >= 4 is 16.8 Å². The van der Waals surface area contributed by atoms with Crippen LogP contribution in [0.5, 0.6) is 0 Å². The van der Waals surface area contributed by atoms with Gasteiger partial charge >= 0.3 is 0 Å². The van der Waals surface area contributed by atoms with Crippen LogP contribution >= 0.6 is 0 Å². The molecular weight excluding hydrogens is 294 g/mol. The van der Waals surface area contributed by atoms with Crippen LogP contribution in [0.4, 0.5) is 0 Å². The third kappa shape index (κ3) is 3.48. The van der Waals surface area contributed by atoms with Gasteiger partial charge in [0.05, 0.1) is 23.8 Å². The fourth-order valence-electron chi connectivity index (χ4n) is 2.34. The van der Waals surface area contributed by atoms with E-state index in [9.17, 15) is 9.59 Å². The number of carbonyl (C=O) groups excluding carboxylic acids is 1. The molecule has 3 rings (SSSR count). The Kier molecular flexibility index (Phi) is 4.23. The molecule has 0 atom stereocenters. The number of carbonyl (C=O) groups is 1. The number of amides is 1. The zero-order valence-corrected chi connectivity index (χ0v) is 12.8. The summed E-state index contributed by atoms with van der Waals surface area (Å²) in [6, 6.07) is 10.8. The van der Waals surface area contributed by atoms with Gasteiger partial charge in [0.25, 0.3) is 5.56 Å². The summed E-state index contributed by atoms with van der Waals surface area (Å²) in [6.45, 7) is 2.49. The van der Waals surface area contributed by atoms with E-state index in [2.05, 4.69) is 10.3 Å². The van der Waals surface area contributed by atoms with Crippen LogP contribution in [0.15, 0.2) is 51.9 Å². The highest BCUT2D eigenvalue weighted by Crippen LogP contribution is 2.06. The third-order valence-corrected chi connectivity index (χ3v) is 3.57. The quantitative estimate of drug-likeness (QED) is 0.782. The Balaban J connectivity index is 1.60. The molecule has 6 heteroatoms. The molecule has 0 aliphatic carbocycles. The van der Waals surface area contributed by atoms with Crippen LogP contribution in [0.25, 0.3) is 10.9 Å². The Morgan fingerprint density at radius 3 is 2.87 bits per heavy atom. The van der Waals surface area contributed by atoms with Gasteiger partial charge in [-0.2, -0.15) is 0 Å². The van der Waals surface area contributed by atoms with Gasteiger partial charge in [-0.3, -0.25) is 14.2 Å². The molecule has 1 N–H and O–H groups in total. The highest BCUT2D eigenvalue weighted by atomic mass is 16.3. The Morgan fingerprint density at radius 2 is 2.09 bits per heavy atom. The Labute approximate surface area is 132 Å². The van der Waals surface area contributed by atoms with E-state index in [1.165, 1.54) is 10.9 Å². The molecule has 0 fully saturated rings. The maximum atomic E-state index is 12.3. The summed E-state index contributed by atoms with van der Waals surface area (Å²) in [7, 11) is 0. The number of aromatic nitrogens is 2. The molecule has 0 bridgehead atoms. The molecule has 0 radical (unpaired) electrons. The van der Waals surface area contributed by atoms with E-state index < -0.39 is 0 Å². The molecule has 3 aromatic rings. The summed E-state index contributed by atoms with van der Waals surface area (Å²) < 4.78 is 6.84. The number of para-hydroxylation sites is 1. The lowest BCUT2D eigenvalue weighted by Crippen LogP contribution is -2.27. The highest BCUT2D eigenvalue weighted by molar-refractivity contribution is 5.77. The summed E-state index contributed by atoms with van der Waals surface area (Å²) in [4.78, 5) is 28.4. The van der Waals surface area contributed by atoms with Crippen molar-refractivity contribution in [1.29, 1.82) is 0 Å². The SMILES string of the molecule is Cc1ccc(CNC(=O)CCn2cnc3ccccc3c2=O)o1. The predicted octanol–water partition coefficient (Wildman–Crippen LogP) is 2.00. The van der Waals surface area contributed by atoms with E-state index in [4.69, 9.17) is 4.42 Å². The first-order valence-corrected chi connectivity index (χ1v) is 7.40. The summed E-state index contributed by atoms with van der Waals surface area (Å²) in [5.41, 5.74) is 0.524. The second-order valence-electron chi connectivity index (χ2n) is 5.30. The smallest absolute Gasteiger partial charge is 0.261 e. The van der Waals surface area contributed by atoms with Crippen LogP contribution < -0.4 is 10.9 Å². The Hall–Kier alpha value is -2.89. The van der Waals surface area contributed by atoms with Crippen molar-refractivity contribution in [2.45, 2.75) is 26.4 Å². The van der Waals surface area contributed by atoms with Gasteiger partial charge in [-0.25, -0.2) is 4.98 Å². The molecule has 0 spiro atoms. The molecule has 0 aliphatic rings. The number of aryl methyl sites for hydroxylation is 2. The average Bonchev–Trinajstić information content (AvgIpc) is 2.98. The van der Waals surface area contributed by atoms with Crippen LogP contribution in [-0.2, 0) is 17.9 Å². The normalized spacial score (nSPS) is 10.8. The minimum atomic E-state index is -0.140. The van der Waals surface area contributed by atoms with Crippen LogP contribution in [0.2, 0.25) is 0 Å². The number of hydrogen-bond donors (Lipinski definition) is 1. The molecule has 6 nitrogen and oxygen atoms in total. The van der Waals surface area contributed by atoms with Crippen molar-refractivity contribution in [2.24, 2.45) is 0 Å². The van der Waals surface area contributed by atoms with Crippen LogP contribution in [0, 0.1) is 6.92 Å². The number of nitrogens with one attached hydrogen (secondary N) is 1. The second-order valence-corrected chi connectivity index (χ2v) is 5.30. The van der Waals surface area contributed by atoms with Gasteiger partial charge in [0, 0.05) is 13.0 Å². The Morgan fingerprint density at radius 1 is 1.26 bits per heavy atom. The summed E-state index contributed by atoms with van der Waals surface area (Å²) in [5.74, 6) is 1.38. The molecule has 1 aromatic carbocycles. The first-order valence-electron chi connectivity index (χ1n) is 7.40. The minimum absolute atomic E-state index is 0.134. The summed E-state index contributed by atoms with van der Waals surface area (Å²) in [6.07, 6.45) is 1.69. The van der Waals surface area contributed by atoms with E-state index >= 15 is 0 Å². The highest BCUT2D eigenvalue weighted by Gasteiger charge is 2.07. The van der Waals surface area contributed by atoms with E-state index in [0.717, 1.165) is 5.76 Å². The van der Waals surface area contributed by atoms with E-state index in [1.54, 1.807) is 18.2 Å². The molecule has 2 heterocycles. The lowest BCUT2D eigenvalue weighted by molar-refractivity contribution is -0.121. The standard InChI is InChI=1S/C17H17N3O3/c1-12-6-7-13(23-12)10-18-16(21)8-9-20-11-19-15-5-3-2-4-14(15)17(20)22/h2-7,11H,8-10H2,1H3,(H,18,21). The third-order valence-electron chi connectivity index (χ3n) is 3.57. The number of hydrogen-bond acceptors (Lipinski definition) is 4. The van der Waals surface area contributed by atoms with Crippen molar-refractivity contribution in [3.8, 4) is 0 Å². The van der Waals surface area contributed by atoms with Gasteiger partial charge in [0.1, 0.15) is 11.5 Å². The number of nitrogens with zero attached hydrogens (tertiary/aromatic N) is 2. The van der Waals surface area contributed by atoms with Crippen LogP contribution in [-0.4, -0.2) is 15.5 Å². The van der Waals surface area contributed by atoms with Crippen LogP contribution in [0.1, 0.15) is 17.9 Å². The summed E-state index contributed by atoms with van der Waals surface area (Å²) in [5, 5.41) is 3.33. The first-order chi connectivity index (χ1) is 11.1. The van der Waals surface area contributed by atoms with Crippen molar-refractivity contribution in [1.82, 2.24) is 14.9 Å². The second kappa shape index (κ2) is 6.48. The molecule has 0 unspecified atom stereocenters. The average molecular weight is 311 g/mol. The zero-order chi connectivity index (χ0) is 16.2. The predicted molar refractivity (Wildman–Crippen MR) is 85.9 cm³/mol. The molecule has 1 amide bonds. The maximum absolute atomic E-state index is 12.3. The molecule has 0 saturated carbocycles.